The molecular formula is C19H18NS+. The minimum atomic E-state index is 0.562. The van der Waals surface area contributed by atoms with Crippen molar-refractivity contribution in [1.29, 1.82) is 0 Å². The van der Waals surface area contributed by atoms with Gasteiger partial charge in [0.1, 0.15) is 11.7 Å². The maximum absolute atomic E-state index is 3.30. The van der Waals surface area contributed by atoms with E-state index < -0.39 is 0 Å². The molecule has 0 saturated heterocycles. The SMILES string of the molecule is CC(C)c1ccc(C#Cc2sc3ccccc3[n+]2C)cc1. The molecule has 104 valence electrons. The number of fused-ring (bicyclic) bond motifs is 1. The standard InChI is InChI=1S/C19H18NS/c1-14(2)16-11-8-15(9-12-16)10-13-19-20(3)17-6-4-5-7-18(17)21-19/h4-9,11-12,14H,1-3H3/q+1. The summed E-state index contributed by atoms with van der Waals surface area (Å²) in [6.07, 6.45) is 0. The number of benzene rings is 2. The lowest BCUT2D eigenvalue weighted by atomic mass is 10.0. The molecule has 2 heteroatoms. The molecule has 21 heavy (non-hydrogen) atoms. The molecule has 0 amide bonds. The van der Waals surface area contributed by atoms with Crippen LogP contribution in [0.15, 0.2) is 48.5 Å². The topological polar surface area (TPSA) is 3.88 Å². The third-order valence-corrected chi connectivity index (χ3v) is 4.76. The second kappa shape index (κ2) is 5.71. The molecule has 0 saturated carbocycles. The Hall–Kier alpha value is -2.11. The Bertz CT molecular complexity index is 829. The first kappa shape index (κ1) is 13.9. The van der Waals surface area contributed by atoms with Crippen molar-refractivity contribution in [3.8, 4) is 11.8 Å². The molecule has 0 atom stereocenters. The number of hydrogen-bond donors (Lipinski definition) is 0. The minimum absolute atomic E-state index is 0.562. The summed E-state index contributed by atoms with van der Waals surface area (Å²) >= 11 is 1.74. The number of hydrogen-bond acceptors (Lipinski definition) is 1. The van der Waals surface area contributed by atoms with Gasteiger partial charge in [0, 0.05) is 17.6 Å². The van der Waals surface area contributed by atoms with Gasteiger partial charge in [-0.2, -0.15) is 4.57 Å². The lowest BCUT2D eigenvalue weighted by Crippen LogP contribution is -2.29. The maximum Gasteiger partial charge on any atom is 0.315 e. The quantitative estimate of drug-likeness (QED) is 0.466. The lowest BCUT2D eigenvalue weighted by molar-refractivity contribution is -0.642. The van der Waals surface area contributed by atoms with Crippen molar-refractivity contribution in [2.45, 2.75) is 19.8 Å². The molecule has 3 rings (SSSR count). The highest BCUT2D eigenvalue weighted by Crippen LogP contribution is 2.19. The monoisotopic (exact) mass is 292 g/mol. The van der Waals surface area contributed by atoms with Crippen LogP contribution in [-0.2, 0) is 7.05 Å². The smallest absolute Gasteiger partial charge is 0.177 e. The normalized spacial score (nSPS) is 10.7. The summed E-state index contributed by atoms with van der Waals surface area (Å²) in [5.41, 5.74) is 3.66. The Morgan fingerprint density at radius 1 is 0.952 bits per heavy atom. The summed E-state index contributed by atoms with van der Waals surface area (Å²) in [5.74, 6) is 7.13. The van der Waals surface area contributed by atoms with Crippen LogP contribution in [0, 0.1) is 11.8 Å². The van der Waals surface area contributed by atoms with Gasteiger partial charge >= 0.3 is 5.01 Å². The summed E-state index contributed by atoms with van der Waals surface area (Å²) in [5, 5.41) is 1.09. The number of nitrogens with zero attached hydrogens (tertiary/aromatic N) is 1. The molecule has 0 aliphatic rings. The molecule has 1 heterocycles. The molecule has 3 aromatic rings. The summed E-state index contributed by atoms with van der Waals surface area (Å²) in [6, 6.07) is 17.0. The van der Waals surface area contributed by atoms with Gasteiger partial charge in [0.25, 0.3) is 0 Å². The van der Waals surface area contributed by atoms with E-state index >= 15 is 0 Å². The molecule has 0 fully saturated rings. The number of thiazole rings is 1. The molecule has 0 N–H and O–H groups in total. The van der Waals surface area contributed by atoms with Gasteiger partial charge in [-0.3, -0.25) is 0 Å². The fourth-order valence-electron chi connectivity index (χ4n) is 2.29. The first-order valence-electron chi connectivity index (χ1n) is 7.14. The summed E-state index contributed by atoms with van der Waals surface area (Å²) in [7, 11) is 2.07. The number of para-hydroxylation sites is 1. The molecule has 2 aromatic carbocycles. The first-order chi connectivity index (χ1) is 10.1. The average Bonchev–Trinajstić information content (AvgIpc) is 2.82. The van der Waals surface area contributed by atoms with Crippen molar-refractivity contribution in [2.75, 3.05) is 0 Å². The maximum atomic E-state index is 3.30. The second-order valence-electron chi connectivity index (χ2n) is 5.46. The van der Waals surface area contributed by atoms with Crippen LogP contribution in [0.3, 0.4) is 0 Å². The van der Waals surface area contributed by atoms with Crippen LogP contribution in [-0.4, -0.2) is 0 Å². The van der Waals surface area contributed by atoms with Gasteiger partial charge in [0.2, 0.25) is 5.52 Å². The number of aryl methyl sites for hydroxylation is 1. The third-order valence-electron chi connectivity index (χ3n) is 3.63. The fourth-order valence-corrected chi connectivity index (χ4v) is 3.29. The highest BCUT2D eigenvalue weighted by molar-refractivity contribution is 7.18. The molecule has 0 aliphatic heterocycles. The van der Waals surface area contributed by atoms with E-state index in [1.54, 1.807) is 11.3 Å². The van der Waals surface area contributed by atoms with E-state index in [4.69, 9.17) is 0 Å². The Labute approximate surface area is 129 Å². The molecule has 0 unspecified atom stereocenters. The summed E-state index contributed by atoms with van der Waals surface area (Å²) in [4.78, 5) is 0. The van der Waals surface area contributed by atoms with Crippen LogP contribution in [0.1, 0.15) is 35.9 Å². The Morgan fingerprint density at radius 2 is 1.67 bits per heavy atom. The van der Waals surface area contributed by atoms with E-state index in [-0.39, 0.29) is 0 Å². The fraction of sp³-hybridized carbons (Fsp3) is 0.211. The van der Waals surface area contributed by atoms with Crippen molar-refractivity contribution < 1.29 is 4.57 Å². The summed E-state index contributed by atoms with van der Waals surface area (Å²) in [6.45, 7) is 4.41. The Balaban J connectivity index is 1.94. The van der Waals surface area contributed by atoms with E-state index in [2.05, 4.69) is 85.8 Å². The largest absolute Gasteiger partial charge is 0.315 e. The molecule has 0 bridgehead atoms. The van der Waals surface area contributed by atoms with E-state index in [1.165, 1.54) is 15.8 Å². The lowest BCUT2D eigenvalue weighted by Gasteiger charge is -2.03. The van der Waals surface area contributed by atoms with E-state index in [9.17, 15) is 0 Å². The molecular weight excluding hydrogens is 274 g/mol. The van der Waals surface area contributed by atoms with Crippen molar-refractivity contribution in [3.63, 3.8) is 0 Å². The second-order valence-corrected chi connectivity index (χ2v) is 6.49. The van der Waals surface area contributed by atoms with Crippen molar-refractivity contribution in [3.05, 3.63) is 64.7 Å². The van der Waals surface area contributed by atoms with Gasteiger partial charge in [-0.25, -0.2) is 0 Å². The van der Waals surface area contributed by atoms with Gasteiger partial charge in [-0.05, 0) is 29.7 Å². The van der Waals surface area contributed by atoms with Crippen LogP contribution in [0.4, 0.5) is 0 Å². The summed E-state index contributed by atoms with van der Waals surface area (Å²) < 4.78 is 3.44. The van der Waals surface area contributed by atoms with Crippen molar-refractivity contribution in [1.82, 2.24) is 0 Å². The average molecular weight is 292 g/mol. The van der Waals surface area contributed by atoms with Gasteiger partial charge in [0.05, 0.1) is 0 Å². The molecule has 0 aliphatic carbocycles. The zero-order valence-electron chi connectivity index (χ0n) is 12.6. The highest BCUT2D eigenvalue weighted by Gasteiger charge is 2.13. The minimum Gasteiger partial charge on any atom is -0.177 e. The predicted molar refractivity (Wildman–Crippen MR) is 89.5 cm³/mol. The highest BCUT2D eigenvalue weighted by atomic mass is 32.1. The Kier molecular flexibility index (Phi) is 3.77. The molecule has 0 spiro atoms. The van der Waals surface area contributed by atoms with Crippen LogP contribution in [0.5, 0.6) is 0 Å². The molecule has 0 radical (unpaired) electrons. The first-order valence-corrected chi connectivity index (χ1v) is 7.96. The number of aromatic nitrogens is 1. The van der Waals surface area contributed by atoms with Gasteiger partial charge in [-0.1, -0.05) is 55.4 Å². The van der Waals surface area contributed by atoms with Gasteiger partial charge < -0.3 is 0 Å². The van der Waals surface area contributed by atoms with E-state index in [0.29, 0.717) is 5.92 Å². The van der Waals surface area contributed by atoms with Crippen LogP contribution < -0.4 is 4.57 Å². The van der Waals surface area contributed by atoms with Crippen LogP contribution in [0.2, 0.25) is 0 Å². The van der Waals surface area contributed by atoms with Crippen LogP contribution >= 0.6 is 11.3 Å². The predicted octanol–water partition coefficient (Wildman–Crippen LogP) is 4.25. The molecule has 1 nitrogen and oxygen atoms in total. The van der Waals surface area contributed by atoms with Gasteiger partial charge in [0.15, 0.2) is 0 Å². The zero-order chi connectivity index (χ0) is 14.8. The zero-order valence-corrected chi connectivity index (χ0v) is 13.4. The van der Waals surface area contributed by atoms with Crippen LogP contribution in [0.25, 0.3) is 10.2 Å². The molecule has 1 aromatic heterocycles. The van der Waals surface area contributed by atoms with Crippen molar-refractivity contribution >= 4 is 21.6 Å². The van der Waals surface area contributed by atoms with Gasteiger partial charge in [-0.15, -0.1) is 0 Å². The Morgan fingerprint density at radius 3 is 2.33 bits per heavy atom. The number of rotatable bonds is 1. The van der Waals surface area contributed by atoms with E-state index in [1.807, 2.05) is 0 Å². The third kappa shape index (κ3) is 2.84. The van der Waals surface area contributed by atoms with E-state index in [0.717, 1.165) is 10.6 Å². The van der Waals surface area contributed by atoms with Crippen molar-refractivity contribution in [2.24, 2.45) is 7.05 Å².